The molecule has 2 aliphatic rings. The van der Waals surface area contributed by atoms with Crippen molar-refractivity contribution in [3.05, 3.63) is 100.0 Å². The maximum absolute atomic E-state index is 13.3. The molecule has 4 bridgehead atoms. The van der Waals surface area contributed by atoms with Crippen LogP contribution < -0.4 is 15.2 Å². The van der Waals surface area contributed by atoms with Crippen LogP contribution in [0.3, 0.4) is 0 Å². The number of hydrogen-bond donors (Lipinski definition) is 1. The maximum atomic E-state index is 13.3. The summed E-state index contributed by atoms with van der Waals surface area (Å²) in [7, 11) is 0. The fourth-order valence-corrected chi connectivity index (χ4v) is 5.19. The van der Waals surface area contributed by atoms with E-state index in [0.29, 0.717) is 19.8 Å². The highest BCUT2D eigenvalue weighted by Gasteiger charge is 2.34. The molecule has 7 nitrogen and oxygen atoms in total. The number of amides is 1. The number of pyridine rings is 1. The van der Waals surface area contributed by atoms with Gasteiger partial charge in [0.2, 0.25) is 5.43 Å². The number of benzene rings is 2. The van der Waals surface area contributed by atoms with Crippen molar-refractivity contribution in [2.75, 3.05) is 18.3 Å². The Morgan fingerprint density at radius 3 is 2.82 bits per heavy atom. The van der Waals surface area contributed by atoms with Gasteiger partial charge in [-0.3, -0.25) is 19.3 Å². The number of ether oxygens (including phenoxy) is 1. The van der Waals surface area contributed by atoms with Gasteiger partial charge in [-0.05, 0) is 42.3 Å². The summed E-state index contributed by atoms with van der Waals surface area (Å²) >= 11 is 1.74. The average molecular weight is 476 g/mol. The number of carbonyl (C=O) groups is 1. The molecule has 2 aliphatic heterocycles. The summed E-state index contributed by atoms with van der Waals surface area (Å²) in [6, 6.07) is 17.3. The lowest BCUT2D eigenvalue weighted by molar-refractivity contribution is 0.0648. The van der Waals surface area contributed by atoms with E-state index in [4.69, 9.17) is 4.74 Å². The third-order valence-electron chi connectivity index (χ3n) is 6.01. The van der Waals surface area contributed by atoms with Crippen LogP contribution in [0.5, 0.6) is 11.5 Å². The van der Waals surface area contributed by atoms with Gasteiger partial charge in [-0.25, -0.2) is 0 Å². The van der Waals surface area contributed by atoms with E-state index < -0.39 is 11.2 Å². The van der Waals surface area contributed by atoms with Crippen LogP contribution in [-0.2, 0) is 12.3 Å². The standard InChI is InChI=1S/C26H25N3O4S/c1-18-6-5-13-33-21-9-4-7-19(14-21)16-34-23-10-3-2-8-20(23)15-27-17-28(18)26(32)24-25(31)22(30)11-12-29(24)27/h2-12,14,18,31H,13,15-17H2,1H3/b6-5-. The Hall–Kier alpha value is -3.65. The molecular weight excluding hydrogens is 450 g/mol. The number of fused-ring (bicyclic) bond motifs is 7. The predicted molar refractivity (Wildman–Crippen MR) is 132 cm³/mol. The lowest BCUT2D eigenvalue weighted by atomic mass is 10.1. The molecule has 0 aliphatic carbocycles. The Balaban J connectivity index is 1.59. The number of rotatable bonds is 0. The van der Waals surface area contributed by atoms with E-state index in [1.54, 1.807) is 27.5 Å². The first-order valence-electron chi connectivity index (χ1n) is 11.1. The molecule has 0 radical (unpaired) electrons. The average Bonchev–Trinajstić information content (AvgIpc) is 2.84. The molecular formula is C26H25N3O4S. The summed E-state index contributed by atoms with van der Waals surface area (Å²) < 4.78 is 7.49. The molecule has 0 saturated carbocycles. The number of nitrogens with zero attached hydrogens (tertiary/aromatic N) is 3. The van der Waals surface area contributed by atoms with Gasteiger partial charge in [0, 0.05) is 29.0 Å². The van der Waals surface area contributed by atoms with Crippen molar-refractivity contribution < 1.29 is 14.6 Å². The summed E-state index contributed by atoms with van der Waals surface area (Å²) in [6.45, 7) is 3.09. The van der Waals surface area contributed by atoms with Crippen LogP contribution in [0.1, 0.15) is 28.5 Å². The second kappa shape index (κ2) is 9.30. The second-order valence-electron chi connectivity index (χ2n) is 8.33. The fourth-order valence-electron chi connectivity index (χ4n) is 4.19. The molecule has 34 heavy (non-hydrogen) atoms. The molecule has 1 unspecified atom stereocenters. The van der Waals surface area contributed by atoms with Gasteiger partial charge < -0.3 is 14.7 Å². The highest BCUT2D eigenvalue weighted by atomic mass is 32.2. The number of carbonyl (C=O) groups excluding carboxylic acids is 1. The Bertz CT molecular complexity index is 1320. The summed E-state index contributed by atoms with van der Waals surface area (Å²) in [5.41, 5.74) is 1.67. The molecule has 3 heterocycles. The molecule has 1 aromatic heterocycles. The van der Waals surface area contributed by atoms with Crippen molar-refractivity contribution in [3.8, 4) is 11.5 Å². The maximum Gasteiger partial charge on any atom is 0.278 e. The SMILES string of the molecule is CC1/C=C\COc2cccc(c2)CSc2ccccc2CN2CN1C(=O)c1c(O)c(=O)ccn12. The Morgan fingerprint density at radius 1 is 1.09 bits per heavy atom. The van der Waals surface area contributed by atoms with Crippen LogP contribution in [0.15, 0.2) is 82.6 Å². The van der Waals surface area contributed by atoms with Crippen LogP contribution >= 0.6 is 11.8 Å². The Morgan fingerprint density at radius 2 is 1.94 bits per heavy atom. The van der Waals surface area contributed by atoms with Gasteiger partial charge in [0.15, 0.2) is 11.4 Å². The molecule has 0 spiro atoms. The molecule has 5 rings (SSSR count). The lowest BCUT2D eigenvalue weighted by Crippen LogP contribution is -2.55. The Kier molecular flexibility index (Phi) is 6.06. The first-order chi connectivity index (χ1) is 16.5. The molecule has 8 heteroatoms. The molecule has 1 N–H and O–H groups in total. The summed E-state index contributed by atoms with van der Waals surface area (Å²) in [5.74, 6) is 0.669. The van der Waals surface area contributed by atoms with E-state index in [1.807, 2.05) is 48.4 Å². The van der Waals surface area contributed by atoms with Crippen molar-refractivity contribution in [2.45, 2.75) is 30.2 Å². The topological polar surface area (TPSA) is 75.0 Å². The smallest absolute Gasteiger partial charge is 0.278 e. The predicted octanol–water partition coefficient (Wildman–Crippen LogP) is 3.73. The van der Waals surface area contributed by atoms with E-state index in [9.17, 15) is 14.7 Å². The second-order valence-corrected chi connectivity index (χ2v) is 9.34. The zero-order valence-corrected chi connectivity index (χ0v) is 19.6. The third kappa shape index (κ3) is 4.28. The van der Waals surface area contributed by atoms with Gasteiger partial charge in [-0.15, -0.1) is 11.8 Å². The van der Waals surface area contributed by atoms with Gasteiger partial charge in [0.05, 0.1) is 6.54 Å². The zero-order chi connectivity index (χ0) is 23.7. The number of hydrogen-bond acceptors (Lipinski definition) is 6. The monoisotopic (exact) mass is 475 g/mol. The van der Waals surface area contributed by atoms with Crippen LogP contribution in [0.4, 0.5) is 0 Å². The van der Waals surface area contributed by atoms with Gasteiger partial charge in [0.25, 0.3) is 5.91 Å². The molecule has 174 valence electrons. The van der Waals surface area contributed by atoms with Gasteiger partial charge in [-0.1, -0.05) is 36.4 Å². The van der Waals surface area contributed by atoms with Crippen LogP contribution in [-0.4, -0.2) is 39.9 Å². The van der Waals surface area contributed by atoms with Crippen LogP contribution in [0.25, 0.3) is 0 Å². The molecule has 3 aromatic rings. The summed E-state index contributed by atoms with van der Waals surface area (Å²) in [4.78, 5) is 28.3. The summed E-state index contributed by atoms with van der Waals surface area (Å²) in [5, 5.41) is 12.5. The molecule has 1 amide bonds. The van der Waals surface area contributed by atoms with Crippen molar-refractivity contribution in [2.24, 2.45) is 0 Å². The van der Waals surface area contributed by atoms with Gasteiger partial charge in [0.1, 0.15) is 19.0 Å². The molecule has 1 atom stereocenters. The number of thioether (sulfide) groups is 1. The molecule has 0 saturated heterocycles. The Labute approximate surface area is 201 Å². The first-order valence-corrected chi connectivity index (χ1v) is 12.1. The highest BCUT2D eigenvalue weighted by Crippen LogP contribution is 2.30. The van der Waals surface area contributed by atoms with E-state index in [-0.39, 0.29) is 17.6 Å². The quantitative estimate of drug-likeness (QED) is 0.500. The third-order valence-corrected chi connectivity index (χ3v) is 7.20. The number of aromatic nitrogens is 1. The van der Waals surface area contributed by atoms with Crippen molar-refractivity contribution in [1.82, 2.24) is 9.58 Å². The van der Waals surface area contributed by atoms with E-state index in [1.165, 1.54) is 11.6 Å². The van der Waals surface area contributed by atoms with E-state index in [2.05, 4.69) is 24.3 Å². The zero-order valence-electron chi connectivity index (χ0n) is 18.8. The minimum atomic E-state index is -0.572. The minimum Gasteiger partial charge on any atom is -0.502 e. The normalized spacial score (nSPS) is 19.1. The first kappa shape index (κ1) is 22.2. The minimum absolute atomic E-state index is 0.0171. The summed E-state index contributed by atoms with van der Waals surface area (Å²) in [6.07, 6.45) is 5.35. The molecule has 2 aromatic carbocycles. The van der Waals surface area contributed by atoms with Crippen molar-refractivity contribution >= 4 is 17.7 Å². The van der Waals surface area contributed by atoms with E-state index in [0.717, 1.165) is 22.0 Å². The van der Waals surface area contributed by atoms with Gasteiger partial charge in [-0.2, -0.15) is 0 Å². The lowest BCUT2D eigenvalue weighted by Gasteiger charge is -2.41. The number of aromatic hydroxyl groups is 1. The fraction of sp³-hybridized carbons (Fsp3) is 0.231. The van der Waals surface area contributed by atoms with Crippen LogP contribution in [0.2, 0.25) is 0 Å². The highest BCUT2D eigenvalue weighted by molar-refractivity contribution is 7.98. The van der Waals surface area contributed by atoms with Crippen molar-refractivity contribution in [3.63, 3.8) is 0 Å². The van der Waals surface area contributed by atoms with Gasteiger partial charge >= 0.3 is 0 Å². The van der Waals surface area contributed by atoms with E-state index >= 15 is 0 Å². The largest absolute Gasteiger partial charge is 0.502 e. The molecule has 0 fully saturated rings. The van der Waals surface area contributed by atoms with Crippen LogP contribution in [0, 0.1) is 0 Å². The van der Waals surface area contributed by atoms with Crippen molar-refractivity contribution in [1.29, 1.82) is 0 Å².